The maximum atomic E-state index is 12.0. The molecule has 0 bridgehead atoms. The lowest BCUT2D eigenvalue weighted by atomic mass is 9.86. The van der Waals surface area contributed by atoms with Gasteiger partial charge in [0.2, 0.25) is 11.8 Å². The number of hydrogen-bond donors (Lipinski definition) is 3. The molecule has 2 unspecified atom stereocenters. The van der Waals surface area contributed by atoms with E-state index in [1.165, 1.54) is 11.3 Å². The summed E-state index contributed by atoms with van der Waals surface area (Å²) >= 11 is 0. The van der Waals surface area contributed by atoms with Gasteiger partial charge < -0.3 is 15.2 Å². The molecule has 0 spiro atoms. The van der Waals surface area contributed by atoms with Crippen LogP contribution in [0.1, 0.15) is 38.4 Å². The molecule has 3 N–H and O–H groups in total. The van der Waals surface area contributed by atoms with E-state index in [2.05, 4.69) is 28.0 Å². The highest BCUT2D eigenvalue weighted by Gasteiger charge is 2.23. The number of nitrogens with one attached hydrogen (secondary N) is 3. The van der Waals surface area contributed by atoms with Crippen molar-refractivity contribution < 1.29 is 18.9 Å². The van der Waals surface area contributed by atoms with Gasteiger partial charge in [0.1, 0.15) is 5.76 Å². The van der Waals surface area contributed by atoms with E-state index in [1.54, 1.807) is 20.0 Å². The molecule has 1 fully saturated rings. The number of nitrogens with zero attached hydrogens (tertiary/aromatic N) is 2. The first-order chi connectivity index (χ1) is 12.3. The minimum absolute atomic E-state index is 0.0133. The fourth-order valence-corrected chi connectivity index (χ4v) is 3.06. The number of carbonyl (C=O) groups excluding carboxylic acids is 3. The molecule has 1 saturated carbocycles. The standard InChI is InChI=1S/C17H27N5O4/c1-11-6-4-5-7-13(11)18-17(25)20-16(24)10-22(3)9-15(23)19-14-8-12(2)26-21-14/h8,11,13H,4-7,9-10H2,1-3H3,(H,19,21,23)(H2,18,20,24,25). The zero-order valence-electron chi connectivity index (χ0n) is 15.5. The fraction of sp³-hybridized carbons (Fsp3) is 0.647. The van der Waals surface area contributed by atoms with Crippen molar-refractivity contribution in [2.24, 2.45) is 5.92 Å². The molecular formula is C17H27N5O4. The van der Waals surface area contributed by atoms with Gasteiger partial charge in [0.05, 0.1) is 13.1 Å². The number of anilines is 1. The molecule has 1 aliphatic rings. The SMILES string of the molecule is Cc1cc(NC(=O)CN(C)CC(=O)NC(=O)NC2CCCCC2C)no1. The Morgan fingerprint density at radius 2 is 1.92 bits per heavy atom. The van der Waals surface area contributed by atoms with E-state index in [1.807, 2.05) is 0 Å². The number of hydrogen-bond acceptors (Lipinski definition) is 6. The Balaban J connectivity index is 1.69. The van der Waals surface area contributed by atoms with Crippen LogP contribution in [0, 0.1) is 12.8 Å². The largest absolute Gasteiger partial charge is 0.360 e. The van der Waals surface area contributed by atoms with Gasteiger partial charge in [-0.15, -0.1) is 0 Å². The number of carbonyl (C=O) groups is 3. The van der Waals surface area contributed by atoms with Crippen molar-refractivity contribution in [3.63, 3.8) is 0 Å². The molecule has 2 rings (SSSR count). The Labute approximate surface area is 152 Å². The summed E-state index contributed by atoms with van der Waals surface area (Å²) < 4.78 is 4.86. The van der Waals surface area contributed by atoms with Gasteiger partial charge in [-0.2, -0.15) is 0 Å². The molecule has 0 aliphatic heterocycles. The van der Waals surface area contributed by atoms with Gasteiger partial charge in [-0.3, -0.25) is 19.8 Å². The first-order valence-corrected chi connectivity index (χ1v) is 8.85. The number of aryl methyl sites for hydroxylation is 1. The highest BCUT2D eigenvalue weighted by molar-refractivity contribution is 5.96. The third-order valence-corrected chi connectivity index (χ3v) is 4.40. The Hall–Kier alpha value is -2.42. The van der Waals surface area contributed by atoms with Crippen LogP contribution in [0.3, 0.4) is 0 Å². The Bertz CT molecular complexity index is 645. The predicted molar refractivity (Wildman–Crippen MR) is 95.5 cm³/mol. The molecule has 26 heavy (non-hydrogen) atoms. The second kappa shape index (κ2) is 9.33. The molecular weight excluding hydrogens is 338 g/mol. The number of likely N-dealkylation sites (N-methyl/N-ethyl adjacent to an activating group) is 1. The lowest BCUT2D eigenvalue weighted by molar-refractivity contribution is -0.122. The van der Waals surface area contributed by atoms with Gasteiger partial charge in [0.25, 0.3) is 0 Å². The third kappa shape index (κ3) is 6.47. The molecule has 0 saturated heterocycles. The van der Waals surface area contributed by atoms with Crippen molar-refractivity contribution in [2.75, 3.05) is 25.5 Å². The summed E-state index contributed by atoms with van der Waals surface area (Å²) in [4.78, 5) is 37.3. The van der Waals surface area contributed by atoms with Crippen molar-refractivity contribution in [1.29, 1.82) is 0 Å². The molecule has 9 nitrogen and oxygen atoms in total. The lowest BCUT2D eigenvalue weighted by Crippen LogP contribution is -2.50. The Morgan fingerprint density at radius 3 is 2.58 bits per heavy atom. The zero-order valence-corrected chi connectivity index (χ0v) is 15.5. The molecule has 1 heterocycles. The molecule has 1 aromatic rings. The minimum atomic E-state index is -0.482. The third-order valence-electron chi connectivity index (χ3n) is 4.40. The predicted octanol–water partition coefficient (Wildman–Crippen LogP) is 1.26. The average Bonchev–Trinajstić information content (AvgIpc) is 2.93. The number of amides is 4. The van der Waals surface area contributed by atoms with Crippen LogP contribution in [0.25, 0.3) is 0 Å². The average molecular weight is 365 g/mol. The summed E-state index contributed by atoms with van der Waals surface area (Å²) in [5.41, 5.74) is 0. The first kappa shape index (κ1) is 19.9. The van der Waals surface area contributed by atoms with E-state index in [-0.39, 0.29) is 25.0 Å². The van der Waals surface area contributed by atoms with E-state index in [0.717, 1.165) is 19.3 Å². The quantitative estimate of drug-likeness (QED) is 0.699. The van der Waals surface area contributed by atoms with E-state index in [4.69, 9.17) is 4.52 Å². The normalized spacial score (nSPS) is 19.8. The Morgan fingerprint density at radius 1 is 1.23 bits per heavy atom. The lowest BCUT2D eigenvalue weighted by Gasteiger charge is -2.29. The van der Waals surface area contributed by atoms with E-state index in [9.17, 15) is 14.4 Å². The van der Waals surface area contributed by atoms with Crippen molar-refractivity contribution in [3.05, 3.63) is 11.8 Å². The van der Waals surface area contributed by atoms with Crippen LogP contribution in [0.5, 0.6) is 0 Å². The maximum Gasteiger partial charge on any atom is 0.321 e. The van der Waals surface area contributed by atoms with Gasteiger partial charge in [-0.05, 0) is 32.7 Å². The van der Waals surface area contributed by atoms with Crippen LogP contribution in [0.4, 0.5) is 10.6 Å². The molecule has 1 aromatic heterocycles. The monoisotopic (exact) mass is 365 g/mol. The molecule has 9 heteroatoms. The van der Waals surface area contributed by atoms with E-state index in [0.29, 0.717) is 17.5 Å². The molecule has 0 aromatic carbocycles. The van der Waals surface area contributed by atoms with Gasteiger partial charge >= 0.3 is 6.03 Å². The van der Waals surface area contributed by atoms with Gasteiger partial charge in [0.15, 0.2) is 5.82 Å². The molecule has 144 valence electrons. The fourth-order valence-electron chi connectivity index (χ4n) is 3.06. The van der Waals surface area contributed by atoms with Crippen molar-refractivity contribution in [3.8, 4) is 0 Å². The second-order valence-electron chi connectivity index (χ2n) is 6.93. The Kier molecular flexibility index (Phi) is 7.14. The summed E-state index contributed by atoms with van der Waals surface area (Å²) in [6.45, 7) is 3.74. The highest BCUT2D eigenvalue weighted by Crippen LogP contribution is 2.23. The van der Waals surface area contributed by atoms with Crippen molar-refractivity contribution in [2.45, 2.75) is 45.6 Å². The van der Waals surface area contributed by atoms with Gasteiger partial charge in [-0.25, -0.2) is 4.79 Å². The number of rotatable bonds is 6. The van der Waals surface area contributed by atoms with Crippen LogP contribution in [0.15, 0.2) is 10.6 Å². The van der Waals surface area contributed by atoms with Crippen LogP contribution >= 0.6 is 0 Å². The van der Waals surface area contributed by atoms with Gasteiger partial charge in [-0.1, -0.05) is 24.9 Å². The van der Waals surface area contributed by atoms with E-state index < -0.39 is 11.9 Å². The van der Waals surface area contributed by atoms with Gasteiger partial charge in [0, 0.05) is 12.1 Å². The summed E-state index contributed by atoms with van der Waals surface area (Å²) in [6.07, 6.45) is 4.29. The molecule has 2 atom stereocenters. The van der Waals surface area contributed by atoms with Crippen LogP contribution in [-0.4, -0.2) is 54.1 Å². The maximum absolute atomic E-state index is 12.0. The van der Waals surface area contributed by atoms with Crippen molar-refractivity contribution >= 4 is 23.7 Å². The molecule has 4 amide bonds. The van der Waals surface area contributed by atoms with E-state index >= 15 is 0 Å². The second-order valence-corrected chi connectivity index (χ2v) is 6.93. The number of imide groups is 1. The smallest absolute Gasteiger partial charge is 0.321 e. The van der Waals surface area contributed by atoms with Crippen molar-refractivity contribution in [1.82, 2.24) is 20.7 Å². The van der Waals surface area contributed by atoms with Crippen LogP contribution in [0.2, 0.25) is 0 Å². The summed E-state index contributed by atoms with van der Waals surface area (Å²) in [7, 11) is 1.62. The van der Waals surface area contributed by atoms with Crippen LogP contribution in [-0.2, 0) is 9.59 Å². The van der Waals surface area contributed by atoms with Crippen LogP contribution < -0.4 is 16.0 Å². The minimum Gasteiger partial charge on any atom is -0.360 e. The molecule has 1 aliphatic carbocycles. The summed E-state index contributed by atoms with van der Waals surface area (Å²) in [5, 5.41) is 11.4. The number of aromatic nitrogens is 1. The zero-order chi connectivity index (χ0) is 19.1. The summed E-state index contributed by atoms with van der Waals surface area (Å²) in [5.74, 6) is 0.543. The summed E-state index contributed by atoms with van der Waals surface area (Å²) in [6, 6.07) is 1.22. The molecule has 0 radical (unpaired) electrons. The highest BCUT2D eigenvalue weighted by atomic mass is 16.5. The first-order valence-electron chi connectivity index (χ1n) is 8.85. The topological polar surface area (TPSA) is 117 Å². The number of urea groups is 1.